The Balaban J connectivity index is 1.64. The predicted molar refractivity (Wildman–Crippen MR) is 80.4 cm³/mol. The van der Waals surface area contributed by atoms with Crippen LogP contribution in [0.15, 0.2) is 47.1 Å². The van der Waals surface area contributed by atoms with E-state index in [0.29, 0.717) is 13.2 Å². The summed E-state index contributed by atoms with van der Waals surface area (Å²) in [6, 6.07) is 10.7. The minimum Gasteiger partial charge on any atom is -0.467 e. The maximum absolute atomic E-state index is 13.2. The number of ether oxygens (including phenoxy) is 1. The second-order valence-corrected chi connectivity index (χ2v) is 4.96. The van der Waals surface area contributed by atoms with Gasteiger partial charge in [0.2, 0.25) is 0 Å². The summed E-state index contributed by atoms with van der Waals surface area (Å²) in [5, 5.41) is 3.44. The molecule has 0 radical (unpaired) electrons. The fourth-order valence-corrected chi connectivity index (χ4v) is 2.24. The zero-order valence-corrected chi connectivity index (χ0v) is 12.3. The third-order valence-corrected chi connectivity index (χ3v) is 3.34. The lowest BCUT2D eigenvalue weighted by Gasteiger charge is -2.17. The van der Waals surface area contributed by atoms with Gasteiger partial charge in [0, 0.05) is 12.6 Å². The Hall–Kier alpha value is -1.65. The number of hydrogen-bond acceptors (Lipinski definition) is 3. The summed E-state index contributed by atoms with van der Waals surface area (Å²) in [7, 11) is 0. The van der Waals surface area contributed by atoms with Crippen LogP contribution in [0.25, 0.3) is 0 Å². The SMILES string of the molecule is CCC(NCCCOCc1ccco1)c1cccc(F)c1. The van der Waals surface area contributed by atoms with Crippen molar-refractivity contribution in [1.29, 1.82) is 0 Å². The Bertz CT molecular complexity index is 513. The molecular weight excluding hydrogens is 269 g/mol. The third kappa shape index (κ3) is 5.33. The molecule has 0 spiro atoms. The van der Waals surface area contributed by atoms with Crippen molar-refractivity contribution in [3.8, 4) is 0 Å². The Morgan fingerprint density at radius 3 is 2.90 bits per heavy atom. The Morgan fingerprint density at radius 1 is 1.29 bits per heavy atom. The minimum absolute atomic E-state index is 0.186. The van der Waals surface area contributed by atoms with Gasteiger partial charge in [-0.25, -0.2) is 4.39 Å². The van der Waals surface area contributed by atoms with Gasteiger partial charge in [0.1, 0.15) is 18.2 Å². The van der Waals surface area contributed by atoms with Gasteiger partial charge in [0.15, 0.2) is 0 Å². The van der Waals surface area contributed by atoms with E-state index in [0.717, 1.165) is 30.7 Å². The van der Waals surface area contributed by atoms with E-state index in [1.807, 2.05) is 18.2 Å². The molecule has 0 aliphatic heterocycles. The van der Waals surface area contributed by atoms with Crippen molar-refractivity contribution in [1.82, 2.24) is 5.32 Å². The quantitative estimate of drug-likeness (QED) is 0.707. The molecule has 0 saturated heterocycles. The van der Waals surface area contributed by atoms with Gasteiger partial charge in [-0.2, -0.15) is 0 Å². The maximum atomic E-state index is 13.2. The van der Waals surface area contributed by atoms with Crippen molar-refractivity contribution in [3.05, 3.63) is 59.8 Å². The first-order valence-corrected chi connectivity index (χ1v) is 7.38. The lowest BCUT2D eigenvalue weighted by Crippen LogP contribution is -2.23. The van der Waals surface area contributed by atoms with Crippen molar-refractivity contribution in [3.63, 3.8) is 0 Å². The average molecular weight is 291 g/mol. The highest BCUT2D eigenvalue weighted by Crippen LogP contribution is 2.17. The molecule has 0 aliphatic carbocycles. The number of halogens is 1. The topological polar surface area (TPSA) is 34.4 Å². The van der Waals surface area contributed by atoms with Gasteiger partial charge in [0.05, 0.1) is 6.26 Å². The van der Waals surface area contributed by atoms with Crippen molar-refractivity contribution in [2.24, 2.45) is 0 Å². The predicted octanol–water partition coefficient (Wildman–Crippen LogP) is 4.07. The van der Waals surface area contributed by atoms with Crippen LogP contribution in [0.1, 0.15) is 37.1 Å². The van der Waals surface area contributed by atoms with Crippen LogP contribution in [0.5, 0.6) is 0 Å². The summed E-state index contributed by atoms with van der Waals surface area (Å²) in [6.45, 7) is 4.12. The van der Waals surface area contributed by atoms with Crippen LogP contribution in [0.4, 0.5) is 4.39 Å². The summed E-state index contributed by atoms with van der Waals surface area (Å²) in [6.07, 6.45) is 3.48. The highest BCUT2D eigenvalue weighted by atomic mass is 19.1. The highest BCUT2D eigenvalue weighted by molar-refractivity contribution is 5.19. The molecule has 1 N–H and O–H groups in total. The van der Waals surface area contributed by atoms with Gasteiger partial charge in [-0.3, -0.25) is 0 Å². The molecule has 3 nitrogen and oxygen atoms in total. The largest absolute Gasteiger partial charge is 0.467 e. The molecular formula is C17H22FNO2. The molecule has 2 aromatic rings. The Kier molecular flexibility index (Phi) is 6.44. The lowest BCUT2D eigenvalue weighted by atomic mass is 10.0. The van der Waals surface area contributed by atoms with Gasteiger partial charge in [-0.15, -0.1) is 0 Å². The van der Waals surface area contributed by atoms with Gasteiger partial charge < -0.3 is 14.5 Å². The average Bonchev–Trinajstić information content (AvgIpc) is 3.00. The molecule has 0 fully saturated rings. The summed E-state index contributed by atoms with van der Waals surface area (Å²) < 4.78 is 23.9. The van der Waals surface area contributed by atoms with Crippen molar-refractivity contribution < 1.29 is 13.5 Å². The fourth-order valence-electron chi connectivity index (χ4n) is 2.24. The molecule has 114 valence electrons. The number of nitrogens with one attached hydrogen (secondary N) is 1. The van der Waals surface area contributed by atoms with Crippen LogP contribution >= 0.6 is 0 Å². The first kappa shape index (κ1) is 15.7. The molecule has 0 amide bonds. The first-order valence-electron chi connectivity index (χ1n) is 7.38. The second-order valence-electron chi connectivity index (χ2n) is 4.96. The molecule has 1 atom stereocenters. The number of benzene rings is 1. The summed E-state index contributed by atoms with van der Waals surface area (Å²) in [4.78, 5) is 0. The van der Waals surface area contributed by atoms with Crippen molar-refractivity contribution >= 4 is 0 Å². The normalized spacial score (nSPS) is 12.5. The van der Waals surface area contributed by atoms with E-state index in [1.54, 1.807) is 18.4 Å². The van der Waals surface area contributed by atoms with E-state index in [1.165, 1.54) is 6.07 Å². The van der Waals surface area contributed by atoms with Crippen LogP contribution in [-0.4, -0.2) is 13.2 Å². The van der Waals surface area contributed by atoms with Crippen LogP contribution < -0.4 is 5.32 Å². The van der Waals surface area contributed by atoms with Gasteiger partial charge in [-0.1, -0.05) is 19.1 Å². The van der Waals surface area contributed by atoms with Crippen LogP contribution in [0, 0.1) is 5.82 Å². The Morgan fingerprint density at radius 2 is 2.19 bits per heavy atom. The number of rotatable bonds is 9. The molecule has 4 heteroatoms. The molecule has 1 aromatic heterocycles. The molecule has 1 heterocycles. The maximum Gasteiger partial charge on any atom is 0.129 e. The molecule has 0 saturated carbocycles. The van der Waals surface area contributed by atoms with Gasteiger partial charge in [0.25, 0.3) is 0 Å². The molecule has 2 rings (SSSR count). The van der Waals surface area contributed by atoms with Gasteiger partial charge >= 0.3 is 0 Å². The molecule has 0 bridgehead atoms. The fraction of sp³-hybridized carbons (Fsp3) is 0.412. The van der Waals surface area contributed by atoms with E-state index in [9.17, 15) is 4.39 Å². The lowest BCUT2D eigenvalue weighted by molar-refractivity contribution is 0.103. The molecule has 1 aromatic carbocycles. The summed E-state index contributed by atoms with van der Waals surface area (Å²) in [5.74, 6) is 0.656. The van der Waals surface area contributed by atoms with Crippen LogP contribution in [-0.2, 0) is 11.3 Å². The number of hydrogen-bond donors (Lipinski definition) is 1. The first-order chi connectivity index (χ1) is 10.3. The summed E-state index contributed by atoms with van der Waals surface area (Å²) >= 11 is 0. The molecule has 21 heavy (non-hydrogen) atoms. The van der Waals surface area contributed by atoms with E-state index in [-0.39, 0.29) is 11.9 Å². The monoisotopic (exact) mass is 291 g/mol. The molecule has 0 aliphatic rings. The van der Waals surface area contributed by atoms with Crippen LogP contribution in [0.3, 0.4) is 0 Å². The smallest absolute Gasteiger partial charge is 0.129 e. The van der Waals surface area contributed by atoms with Gasteiger partial charge in [-0.05, 0) is 49.2 Å². The zero-order chi connectivity index (χ0) is 14.9. The van der Waals surface area contributed by atoms with E-state index < -0.39 is 0 Å². The zero-order valence-electron chi connectivity index (χ0n) is 12.3. The van der Waals surface area contributed by atoms with Crippen LogP contribution in [0.2, 0.25) is 0 Å². The molecule has 1 unspecified atom stereocenters. The minimum atomic E-state index is -0.186. The summed E-state index contributed by atoms with van der Waals surface area (Å²) in [5.41, 5.74) is 0.994. The second kappa shape index (κ2) is 8.60. The standard InChI is InChI=1S/C17H22FNO2/c1-2-17(14-6-3-7-15(18)12-14)19-9-5-10-20-13-16-8-4-11-21-16/h3-4,6-8,11-12,17,19H,2,5,9-10,13H2,1H3. The third-order valence-electron chi connectivity index (χ3n) is 3.34. The number of furan rings is 1. The van der Waals surface area contributed by atoms with E-state index in [2.05, 4.69) is 12.2 Å². The highest BCUT2D eigenvalue weighted by Gasteiger charge is 2.08. The Labute approximate surface area is 125 Å². The van der Waals surface area contributed by atoms with Crippen molar-refractivity contribution in [2.75, 3.05) is 13.2 Å². The van der Waals surface area contributed by atoms with Crippen molar-refractivity contribution in [2.45, 2.75) is 32.4 Å². The van der Waals surface area contributed by atoms with E-state index >= 15 is 0 Å². The van der Waals surface area contributed by atoms with E-state index in [4.69, 9.17) is 9.15 Å².